The molecule has 5 nitrogen and oxygen atoms in total. The highest BCUT2D eigenvalue weighted by molar-refractivity contribution is 5.00. The van der Waals surface area contributed by atoms with Crippen LogP contribution in [-0.2, 0) is 0 Å². The number of hydrogen-bond donors (Lipinski definition) is 5. The van der Waals surface area contributed by atoms with E-state index >= 15 is 0 Å². The molecule has 1 aliphatic heterocycles. The first kappa shape index (κ1) is 16.9. The van der Waals surface area contributed by atoms with Crippen LogP contribution in [0.5, 0.6) is 0 Å². The largest absolute Gasteiger partial charge is 0.394 e. The van der Waals surface area contributed by atoms with Crippen LogP contribution in [0.25, 0.3) is 0 Å². The van der Waals surface area contributed by atoms with E-state index in [1.54, 1.807) is 0 Å². The van der Waals surface area contributed by atoms with Crippen molar-refractivity contribution in [2.24, 2.45) is 0 Å². The quantitative estimate of drug-likeness (QED) is 0.386. The molecule has 1 fully saturated rings. The molecule has 5 N–H and O–H groups in total. The standard InChI is InChI=1S/C14H29NO4/c1-2-3-4-5-6-7-8-10-13(18)14(19)12(15-10)11(17)9-16/h10-19H,2-9H2,1H3/t10-,11-,12-,13+,14+/m0/s1. The minimum Gasteiger partial charge on any atom is -0.394 e. The van der Waals surface area contributed by atoms with Gasteiger partial charge in [-0.05, 0) is 6.42 Å². The molecule has 1 heterocycles. The summed E-state index contributed by atoms with van der Waals surface area (Å²) in [5.74, 6) is 0. The van der Waals surface area contributed by atoms with Crippen molar-refractivity contribution in [3.8, 4) is 0 Å². The SMILES string of the molecule is CCCCCCCC[C@@H]1N[C@@H]([C@@H](O)CO)[C@@H](O)[C@@H]1O. The van der Waals surface area contributed by atoms with Crippen molar-refractivity contribution in [3.63, 3.8) is 0 Å². The molecule has 1 aliphatic rings. The van der Waals surface area contributed by atoms with E-state index in [0.29, 0.717) is 0 Å². The van der Waals surface area contributed by atoms with E-state index in [4.69, 9.17) is 5.11 Å². The van der Waals surface area contributed by atoms with Crippen molar-refractivity contribution in [2.75, 3.05) is 6.61 Å². The summed E-state index contributed by atoms with van der Waals surface area (Å²) in [5, 5.41) is 41.2. The van der Waals surface area contributed by atoms with Crippen LogP contribution in [0.1, 0.15) is 51.9 Å². The lowest BCUT2D eigenvalue weighted by atomic mass is 10.0. The Morgan fingerprint density at radius 1 is 1.00 bits per heavy atom. The average molecular weight is 275 g/mol. The lowest BCUT2D eigenvalue weighted by Gasteiger charge is -2.19. The zero-order chi connectivity index (χ0) is 14.3. The van der Waals surface area contributed by atoms with Crippen LogP contribution in [0.3, 0.4) is 0 Å². The van der Waals surface area contributed by atoms with Gasteiger partial charge in [0.05, 0.1) is 31.0 Å². The summed E-state index contributed by atoms with van der Waals surface area (Å²) in [4.78, 5) is 0. The zero-order valence-corrected chi connectivity index (χ0v) is 11.8. The Bertz CT molecular complexity index is 239. The van der Waals surface area contributed by atoms with Gasteiger partial charge in [-0.25, -0.2) is 0 Å². The van der Waals surface area contributed by atoms with Crippen molar-refractivity contribution in [1.29, 1.82) is 0 Å². The van der Waals surface area contributed by atoms with Gasteiger partial charge in [-0.2, -0.15) is 0 Å². The third-order valence-electron chi connectivity index (χ3n) is 4.01. The fourth-order valence-electron chi connectivity index (χ4n) is 2.75. The molecule has 0 amide bonds. The smallest absolute Gasteiger partial charge is 0.0993 e. The topological polar surface area (TPSA) is 93.0 Å². The first-order chi connectivity index (χ1) is 9.11. The van der Waals surface area contributed by atoms with Gasteiger partial charge in [-0.15, -0.1) is 0 Å². The molecule has 19 heavy (non-hydrogen) atoms. The molecule has 0 saturated carbocycles. The molecule has 114 valence electrons. The van der Waals surface area contributed by atoms with Gasteiger partial charge in [0.2, 0.25) is 0 Å². The van der Waals surface area contributed by atoms with Gasteiger partial charge in [0.1, 0.15) is 0 Å². The molecular weight excluding hydrogens is 246 g/mol. The van der Waals surface area contributed by atoms with Crippen molar-refractivity contribution in [1.82, 2.24) is 5.32 Å². The number of rotatable bonds is 9. The highest BCUT2D eigenvalue weighted by Gasteiger charge is 2.43. The van der Waals surface area contributed by atoms with E-state index in [0.717, 1.165) is 19.3 Å². The van der Waals surface area contributed by atoms with Crippen LogP contribution in [-0.4, -0.2) is 57.4 Å². The molecular formula is C14H29NO4. The lowest BCUT2D eigenvalue weighted by molar-refractivity contribution is -0.0132. The number of hydrogen-bond acceptors (Lipinski definition) is 5. The van der Waals surface area contributed by atoms with Crippen LogP contribution >= 0.6 is 0 Å². The molecule has 5 heteroatoms. The van der Waals surface area contributed by atoms with E-state index in [9.17, 15) is 15.3 Å². The van der Waals surface area contributed by atoms with Crippen LogP contribution in [0.15, 0.2) is 0 Å². The predicted molar refractivity (Wildman–Crippen MR) is 73.8 cm³/mol. The van der Waals surface area contributed by atoms with Gasteiger partial charge >= 0.3 is 0 Å². The van der Waals surface area contributed by atoms with E-state index in [1.165, 1.54) is 25.7 Å². The highest BCUT2D eigenvalue weighted by Crippen LogP contribution is 2.21. The predicted octanol–water partition coefficient (Wildman–Crippen LogP) is 0.152. The maximum atomic E-state index is 9.91. The van der Waals surface area contributed by atoms with E-state index in [2.05, 4.69) is 12.2 Å². The molecule has 0 aromatic rings. The van der Waals surface area contributed by atoms with Crippen LogP contribution < -0.4 is 5.32 Å². The van der Waals surface area contributed by atoms with Crippen molar-refractivity contribution in [2.45, 2.75) is 82.3 Å². The zero-order valence-electron chi connectivity index (χ0n) is 11.8. The monoisotopic (exact) mass is 275 g/mol. The first-order valence-electron chi connectivity index (χ1n) is 7.53. The van der Waals surface area contributed by atoms with Crippen LogP contribution in [0, 0.1) is 0 Å². The summed E-state index contributed by atoms with van der Waals surface area (Å²) in [6, 6.07) is -0.822. The second kappa shape index (κ2) is 8.87. The molecule has 1 saturated heterocycles. The molecule has 0 aromatic heterocycles. The summed E-state index contributed by atoms with van der Waals surface area (Å²) in [5.41, 5.74) is 0. The Kier molecular flexibility index (Phi) is 7.87. The number of aliphatic hydroxyl groups excluding tert-OH is 4. The van der Waals surface area contributed by atoms with Crippen molar-refractivity contribution < 1.29 is 20.4 Å². The van der Waals surface area contributed by atoms with Gasteiger partial charge in [0, 0.05) is 6.04 Å². The summed E-state index contributed by atoms with van der Waals surface area (Å²) in [6.45, 7) is 1.78. The van der Waals surface area contributed by atoms with E-state index in [-0.39, 0.29) is 6.04 Å². The van der Waals surface area contributed by atoms with Gasteiger partial charge in [-0.3, -0.25) is 0 Å². The average Bonchev–Trinajstić information content (AvgIpc) is 2.70. The third kappa shape index (κ3) is 5.00. The summed E-state index contributed by atoms with van der Waals surface area (Å²) in [7, 11) is 0. The Hall–Kier alpha value is -0.200. The lowest BCUT2D eigenvalue weighted by Crippen LogP contribution is -2.45. The Morgan fingerprint density at radius 2 is 1.63 bits per heavy atom. The number of nitrogens with one attached hydrogen (secondary N) is 1. The highest BCUT2D eigenvalue weighted by atomic mass is 16.3. The van der Waals surface area contributed by atoms with E-state index in [1.807, 2.05) is 0 Å². The van der Waals surface area contributed by atoms with Gasteiger partial charge in [0.15, 0.2) is 0 Å². The summed E-state index contributed by atoms with van der Waals surface area (Å²) in [6.07, 6.45) is 5.01. The number of unbranched alkanes of at least 4 members (excludes halogenated alkanes) is 5. The molecule has 0 bridgehead atoms. The van der Waals surface area contributed by atoms with Gasteiger partial charge in [0.25, 0.3) is 0 Å². The summed E-state index contributed by atoms with van der Waals surface area (Å²) < 4.78 is 0. The second-order valence-corrected chi connectivity index (χ2v) is 5.59. The fourth-order valence-corrected chi connectivity index (χ4v) is 2.75. The Labute approximate surface area is 115 Å². The van der Waals surface area contributed by atoms with Gasteiger partial charge < -0.3 is 25.7 Å². The molecule has 1 rings (SSSR count). The molecule has 5 atom stereocenters. The Morgan fingerprint density at radius 3 is 2.26 bits per heavy atom. The minimum absolute atomic E-state index is 0.188. The summed E-state index contributed by atoms with van der Waals surface area (Å²) >= 11 is 0. The minimum atomic E-state index is -1.03. The maximum Gasteiger partial charge on any atom is 0.0993 e. The maximum absolute atomic E-state index is 9.91. The molecule has 0 aromatic carbocycles. The molecule has 0 aliphatic carbocycles. The van der Waals surface area contributed by atoms with Crippen LogP contribution in [0.2, 0.25) is 0 Å². The van der Waals surface area contributed by atoms with Gasteiger partial charge in [-0.1, -0.05) is 45.4 Å². The van der Waals surface area contributed by atoms with Crippen molar-refractivity contribution in [3.05, 3.63) is 0 Å². The molecule has 0 unspecified atom stereocenters. The molecule has 0 radical (unpaired) electrons. The van der Waals surface area contributed by atoms with Crippen molar-refractivity contribution >= 4 is 0 Å². The normalized spacial score (nSPS) is 32.7. The third-order valence-corrected chi connectivity index (χ3v) is 4.01. The van der Waals surface area contributed by atoms with Crippen LogP contribution in [0.4, 0.5) is 0 Å². The fraction of sp³-hybridized carbons (Fsp3) is 1.00. The molecule has 0 spiro atoms. The first-order valence-corrected chi connectivity index (χ1v) is 7.53. The number of aliphatic hydroxyl groups is 4. The second-order valence-electron chi connectivity index (χ2n) is 5.59. The van der Waals surface area contributed by atoms with E-state index < -0.39 is 31.0 Å². The Balaban J connectivity index is 2.23.